The van der Waals surface area contributed by atoms with Gasteiger partial charge in [0.2, 0.25) is 16.3 Å². The molecule has 0 aliphatic rings. The molecule has 0 aliphatic carbocycles. The van der Waals surface area contributed by atoms with Crippen LogP contribution in [0.4, 0.5) is 0 Å². The van der Waals surface area contributed by atoms with Crippen molar-refractivity contribution in [2.24, 2.45) is 5.92 Å². The molecule has 0 radical (unpaired) electrons. The van der Waals surface area contributed by atoms with Crippen molar-refractivity contribution in [1.82, 2.24) is 0 Å². The highest BCUT2D eigenvalue weighted by Gasteiger charge is 1.82. The van der Waals surface area contributed by atoms with Crippen LogP contribution < -0.4 is 0 Å². The summed E-state index contributed by atoms with van der Waals surface area (Å²) in [5.74, 6) is 1.43. The Labute approximate surface area is 94.7 Å². The van der Waals surface area contributed by atoms with Crippen molar-refractivity contribution in [2.75, 3.05) is 5.88 Å². The molecule has 1 aromatic carbocycles. The van der Waals surface area contributed by atoms with E-state index in [9.17, 15) is 0 Å². The van der Waals surface area contributed by atoms with Crippen molar-refractivity contribution in [3.8, 4) is 0 Å². The van der Waals surface area contributed by atoms with Gasteiger partial charge in [0.25, 0.3) is 0 Å². The Morgan fingerprint density at radius 1 is 1.23 bits per heavy atom. The van der Waals surface area contributed by atoms with Crippen LogP contribution in [0.5, 0.6) is 0 Å². The molecule has 1 rings (SSSR count). The number of benzene rings is 1. The van der Waals surface area contributed by atoms with E-state index >= 15 is 0 Å². The topological polar surface area (TPSA) is 0 Å². The number of rotatable bonds is 2. The molecule has 0 heterocycles. The highest BCUT2D eigenvalue weighted by Crippen LogP contribution is 1.95. The van der Waals surface area contributed by atoms with E-state index in [2.05, 4.69) is 44.2 Å². The molecule has 2 heteroatoms. The Hall–Kier alpha value is 0.0425. The summed E-state index contributed by atoms with van der Waals surface area (Å²) in [4.78, 5) is 0. The first kappa shape index (κ1) is 13.0. The van der Waals surface area contributed by atoms with Crippen LogP contribution in [-0.4, -0.2) is 22.2 Å². The van der Waals surface area contributed by atoms with Crippen molar-refractivity contribution in [3.63, 3.8) is 0 Å². The number of alkyl halides is 1. The second-order valence-corrected chi connectivity index (χ2v) is 4.40. The summed E-state index contributed by atoms with van der Waals surface area (Å²) in [5, 5.41) is 1.28. The molecule has 0 aliphatic heterocycles. The van der Waals surface area contributed by atoms with Gasteiger partial charge in [-0.2, -0.15) is 0 Å². The number of hydrogen-bond donors (Lipinski definition) is 0. The second kappa shape index (κ2) is 8.63. The lowest BCUT2D eigenvalue weighted by atomic mass is 10.2. The first-order chi connectivity index (χ1) is 6.20. The van der Waals surface area contributed by atoms with E-state index in [-0.39, 0.29) is 0 Å². The fourth-order valence-corrected chi connectivity index (χ4v) is 1.19. The fraction of sp³-hybridized carbons (Fsp3) is 0.455. The Kier molecular flexibility index (Phi) is 8.66. The molecule has 13 heavy (non-hydrogen) atoms. The zero-order valence-electron chi connectivity index (χ0n) is 8.76. The van der Waals surface area contributed by atoms with Gasteiger partial charge in [0.05, 0.1) is 0 Å². The zero-order valence-corrected chi connectivity index (χ0v) is 11.5. The van der Waals surface area contributed by atoms with Crippen LogP contribution in [0.25, 0.3) is 0 Å². The van der Waals surface area contributed by atoms with Gasteiger partial charge in [-0.1, -0.05) is 55.0 Å². The molecule has 0 amide bonds. The highest BCUT2D eigenvalue weighted by molar-refractivity contribution is 6.18. The summed E-state index contributed by atoms with van der Waals surface area (Å²) in [6.45, 7) is 4.18. The van der Waals surface area contributed by atoms with Gasteiger partial charge in [0, 0.05) is 5.88 Å². The zero-order chi connectivity index (χ0) is 10.1. The molecule has 72 valence electrons. The third kappa shape index (κ3) is 8.37. The van der Waals surface area contributed by atoms with E-state index in [0.29, 0.717) is 5.92 Å². The molecule has 1 aromatic rings. The lowest BCUT2D eigenvalue weighted by Gasteiger charge is -1.89. The molecule has 0 fully saturated rings. The lowest BCUT2D eigenvalue weighted by molar-refractivity contribution is 0.745. The molecular formula is C11H18AlCl. The summed E-state index contributed by atoms with van der Waals surface area (Å²) in [6.07, 6.45) is 0. The predicted octanol–water partition coefficient (Wildman–Crippen LogP) is 2.70. The first-order valence-electron chi connectivity index (χ1n) is 4.80. The van der Waals surface area contributed by atoms with E-state index in [1.807, 2.05) is 0 Å². The molecule has 0 saturated heterocycles. The van der Waals surface area contributed by atoms with Crippen LogP contribution in [0.3, 0.4) is 0 Å². The molecule has 0 nitrogen and oxygen atoms in total. The van der Waals surface area contributed by atoms with E-state index in [1.165, 1.54) is 27.1 Å². The summed E-state index contributed by atoms with van der Waals surface area (Å²) in [6, 6.07) is 10.6. The molecule has 0 N–H and O–H groups in total. The molecule has 0 spiro atoms. The standard InChI is InChI=1S/C7H7.C4H9Cl.Al.2H/c1-7-5-3-2-4-6-7;1-4(2)3-5;;;/h2-6H,1H2;4H,3H2,1-2H3;;;. The lowest BCUT2D eigenvalue weighted by Crippen LogP contribution is -1.83. The molecule has 0 bridgehead atoms. The van der Waals surface area contributed by atoms with Gasteiger partial charge in [-0.15, -0.1) is 11.6 Å². The normalized spacial score (nSPS) is 9.23. The summed E-state index contributed by atoms with van der Waals surface area (Å²) >= 11 is 6.61. The molecule has 0 aromatic heterocycles. The number of halogens is 1. The molecule has 0 saturated carbocycles. The maximum absolute atomic E-state index is 5.34. The first-order valence-corrected chi connectivity index (χ1v) is 6.75. The van der Waals surface area contributed by atoms with E-state index in [4.69, 9.17) is 11.6 Å². The van der Waals surface area contributed by atoms with Crippen LogP contribution in [0.2, 0.25) is 0 Å². The van der Waals surface area contributed by atoms with E-state index in [1.54, 1.807) is 0 Å². The SMILES string of the molecule is CC(C)CCl.[AlH2][CH2]c1ccccc1. The van der Waals surface area contributed by atoms with Gasteiger partial charge in [0.1, 0.15) is 0 Å². The van der Waals surface area contributed by atoms with Gasteiger partial charge in [0.15, 0.2) is 0 Å². The maximum atomic E-state index is 5.34. The quantitative estimate of drug-likeness (QED) is 0.523. The average molecular weight is 213 g/mol. The van der Waals surface area contributed by atoms with Gasteiger partial charge in [-0.05, 0) is 5.92 Å². The van der Waals surface area contributed by atoms with Crippen LogP contribution >= 0.6 is 11.6 Å². The van der Waals surface area contributed by atoms with Crippen molar-refractivity contribution in [1.29, 1.82) is 0 Å². The van der Waals surface area contributed by atoms with Gasteiger partial charge >= 0.3 is 0 Å². The van der Waals surface area contributed by atoms with E-state index in [0.717, 1.165) is 5.88 Å². The monoisotopic (exact) mass is 212 g/mol. The average Bonchev–Trinajstić information content (AvgIpc) is 2.20. The predicted molar refractivity (Wildman–Crippen MR) is 64.2 cm³/mol. The third-order valence-corrected chi connectivity index (χ3v) is 2.99. The molecular weight excluding hydrogens is 195 g/mol. The molecule has 0 atom stereocenters. The Balaban J connectivity index is 0.000000252. The van der Waals surface area contributed by atoms with Crippen LogP contribution in [-0.2, 0) is 5.28 Å². The van der Waals surface area contributed by atoms with Crippen molar-refractivity contribution in [3.05, 3.63) is 35.9 Å². The van der Waals surface area contributed by atoms with Crippen LogP contribution in [0.1, 0.15) is 19.4 Å². The summed E-state index contributed by atoms with van der Waals surface area (Å²) < 4.78 is 0. The van der Waals surface area contributed by atoms with Crippen LogP contribution in [0.15, 0.2) is 30.3 Å². The van der Waals surface area contributed by atoms with E-state index < -0.39 is 0 Å². The van der Waals surface area contributed by atoms with Gasteiger partial charge in [-0.3, -0.25) is 0 Å². The summed E-state index contributed by atoms with van der Waals surface area (Å²) in [5.41, 5.74) is 1.47. The van der Waals surface area contributed by atoms with Gasteiger partial charge in [-0.25, -0.2) is 0 Å². The second-order valence-electron chi connectivity index (χ2n) is 3.39. The van der Waals surface area contributed by atoms with Crippen molar-refractivity contribution < 1.29 is 0 Å². The van der Waals surface area contributed by atoms with Gasteiger partial charge < -0.3 is 0 Å². The summed E-state index contributed by atoms with van der Waals surface area (Å²) in [7, 11) is 0. The minimum absolute atomic E-state index is 0.650. The number of hydrogen-bond acceptors (Lipinski definition) is 0. The highest BCUT2D eigenvalue weighted by atomic mass is 35.5. The van der Waals surface area contributed by atoms with Crippen molar-refractivity contribution >= 4 is 27.9 Å². The Morgan fingerprint density at radius 2 is 1.69 bits per heavy atom. The minimum atomic E-state index is 0.650. The Bertz CT molecular complexity index is 197. The minimum Gasteiger partial charge on any atom is -0.126 e. The van der Waals surface area contributed by atoms with Crippen molar-refractivity contribution in [2.45, 2.75) is 19.1 Å². The Morgan fingerprint density at radius 3 is 1.92 bits per heavy atom. The fourth-order valence-electron chi connectivity index (χ4n) is 0.714. The smallest absolute Gasteiger partial charge is 0.126 e. The van der Waals surface area contributed by atoms with Crippen LogP contribution in [0, 0.1) is 5.92 Å². The third-order valence-electron chi connectivity index (χ3n) is 1.56. The molecule has 0 unspecified atom stereocenters. The maximum Gasteiger partial charge on any atom is 0.218 e. The largest absolute Gasteiger partial charge is 0.218 e.